The first kappa shape index (κ1) is 12.3. The van der Waals surface area contributed by atoms with Gasteiger partial charge in [0.1, 0.15) is 5.75 Å². The van der Waals surface area contributed by atoms with Crippen LogP contribution >= 0.6 is 0 Å². The number of benzene rings is 1. The lowest BCUT2D eigenvalue weighted by Crippen LogP contribution is -2.38. The molecule has 1 rings (SSSR count). The van der Waals surface area contributed by atoms with E-state index in [-0.39, 0.29) is 25.2 Å². The number of amides is 1. The third-order valence-corrected chi connectivity index (χ3v) is 1.91. The molecule has 5 nitrogen and oxygen atoms in total. The first-order chi connectivity index (χ1) is 7.61. The van der Waals surface area contributed by atoms with Crippen molar-refractivity contribution in [1.29, 1.82) is 0 Å². The molecule has 1 aromatic rings. The van der Waals surface area contributed by atoms with Gasteiger partial charge in [-0.3, -0.25) is 4.79 Å². The van der Waals surface area contributed by atoms with E-state index in [1.165, 1.54) is 0 Å². The molecule has 0 aliphatic carbocycles. The van der Waals surface area contributed by atoms with Gasteiger partial charge in [-0.25, -0.2) is 0 Å². The van der Waals surface area contributed by atoms with Crippen molar-refractivity contribution in [3.05, 3.63) is 24.3 Å². The molecule has 0 fully saturated rings. The summed E-state index contributed by atoms with van der Waals surface area (Å²) in [6.45, 7) is 1.52. The lowest BCUT2D eigenvalue weighted by molar-refractivity contribution is -0.123. The number of nitrogens with two attached hydrogens (primary N) is 1. The van der Waals surface area contributed by atoms with Crippen LogP contribution in [0.2, 0.25) is 0 Å². The number of carbonyl (C=O) groups excluding carboxylic acids is 1. The van der Waals surface area contributed by atoms with Crippen molar-refractivity contribution >= 4 is 11.6 Å². The van der Waals surface area contributed by atoms with Gasteiger partial charge < -0.3 is 20.9 Å². The number of hydrogen-bond acceptors (Lipinski definition) is 4. The van der Waals surface area contributed by atoms with Crippen molar-refractivity contribution in [3.8, 4) is 5.75 Å². The summed E-state index contributed by atoms with van der Waals surface area (Å²) in [6.07, 6.45) is 0. The molecule has 0 heterocycles. The molecule has 16 heavy (non-hydrogen) atoms. The fraction of sp³-hybridized carbons (Fsp3) is 0.364. The van der Waals surface area contributed by atoms with Gasteiger partial charge in [0, 0.05) is 17.8 Å². The van der Waals surface area contributed by atoms with Crippen LogP contribution in [0.5, 0.6) is 5.75 Å². The molecule has 0 saturated carbocycles. The van der Waals surface area contributed by atoms with Crippen molar-refractivity contribution in [2.45, 2.75) is 13.0 Å². The lowest BCUT2D eigenvalue weighted by Gasteiger charge is -2.11. The molecule has 0 radical (unpaired) electrons. The largest absolute Gasteiger partial charge is 0.484 e. The van der Waals surface area contributed by atoms with Crippen molar-refractivity contribution in [2.24, 2.45) is 0 Å². The Hall–Kier alpha value is -1.75. The van der Waals surface area contributed by atoms with E-state index in [2.05, 4.69) is 5.32 Å². The van der Waals surface area contributed by atoms with Crippen LogP contribution in [0.1, 0.15) is 6.92 Å². The summed E-state index contributed by atoms with van der Waals surface area (Å²) in [6, 6.07) is 6.58. The van der Waals surface area contributed by atoms with Crippen LogP contribution in [-0.2, 0) is 4.79 Å². The Labute approximate surface area is 94.2 Å². The molecule has 88 valence electrons. The molecule has 5 heteroatoms. The molecule has 0 spiro atoms. The van der Waals surface area contributed by atoms with Gasteiger partial charge in [-0.15, -0.1) is 0 Å². The molecule has 4 N–H and O–H groups in total. The van der Waals surface area contributed by atoms with Crippen LogP contribution in [0.25, 0.3) is 0 Å². The van der Waals surface area contributed by atoms with Crippen molar-refractivity contribution in [1.82, 2.24) is 5.32 Å². The second-order valence-corrected chi connectivity index (χ2v) is 3.51. The minimum Gasteiger partial charge on any atom is -0.484 e. The summed E-state index contributed by atoms with van der Waals surface area (Å²) >= 11 is 0. The molecular formula is C11H16N2O3. The SMILES string of the molecule is C[C@H](CO)NC(=O)COc1cccc(N)c1. The number of anilines is 1. The molecular weight excluding hydrogens is 208 g/mol. The Balaban J connectivity index is 2.37. The second kappa shape index (κ2) is 5.97. The smallest absolute Gasteiger partial charge is 0.258 e. The van der Waals surface area contributed by atoms with E-state index in [1.807, 2.05) is 0 Å². The molecule has 0 aliphatic heterocycles. The summed E-state index contributed by atoms with van der Waals surface area (Å²) in [5.41, 5.74) is 6.14. The number of nitrogens with one attached hydrogen (secondary N) is 1. The molecule has 1 aromatic carbocycles. The second-order valence-electron chi connectivity index (χ2n) is 3.51. The molecule has 0 bridgehead atoms. The number of hydrogen-bond donors (Lipinski definition) is 3. The highest BCUT2D eigenvalue weighted by Gasteiger charge is 2.06. The Morgan fingerprint density at radius 1 is 1.62 bits per heavy atom. The average Bonchev–Trinajstić information content (AvgIpc) is 2.26. The summed E-state index contributed by atoms with van der Waals surface area (Å²) in [5.74, 6) is 0.274. The maximum atomic E-state index is 11.3. The van der Waals surface area contributed by atoms with E-state index in [1.54, 1.807) is 31.2 Å². The molecule has 0 saturated heterocycles. The number of aliphatic hydroxyl groups is 1. The van der Waals surface area contributed by atoms with E-state index in [0.717, 1.165) is 0 Å². The Morgan fingerprint density at radius 3 is 3.00 bits per heavy atom. The van der Waals surface area contributed by atoms with Crippen LogP contribution in [-0.4, -0.2) is 30.3 Å². The van der Waals surface area contributed by atoms with Gasteiger partial charge in [0.05, 0.1) is 6.61 Å². The molecule has 0 aliphatic rings. The van der Waals surface area contributed by atoms with Gasteiger partial charge >= 0.3 is 0 Å². The number of nitrogen functional groups attached to an aromatic ring is 1. The minimum absolute atomic E-state index is 0.0895. The molecule has 0 aromatic heterocycles. The Kier molecular flexibility index (Phi) is 4.60. The van der Waals surface area contributed by atoms with Crippen molar-refractivity contribution < 1.29 is 14.6 Å². The standard InChI is InChI=1S/C11H16N2O3/c1-8(6-14)13-11(15)7-16-10-4-2-3-9(12)5-10/h2-5,8,14H,6-7,12H2,1H3,(H,13,15)/t8-/m1/s1. The third kappa shape index (κ3) is 4.18. The number of ether oxygens (including phenoxy) is 1. The highest BCUT2D eigenvalue weighted by atomic mass is 16.5. The maximum absolute atomic E-state index is 11.3. The zero-order valence-electron chi connectivity index (χ0n) is 9.14. The van der Waals surface area contributed by atoms with Crippen LogP contribution in [0.3, 0.4) is 0 Å². The van der Waals surface area contributed by atoms with Crippen LogP contribution < -0.4 is 15.8 Å². The fourth-order valence-corrected chi connectivity index (χ4v) is 1.12. The number of rotatable bonds is 5. The van der Waals surface area contributed by atoms with Gasteiger partial charge in [-0.1, -0.05) is 6.07 Å². The van der Waals surface area contributed by atoms with Gasteiger partial charge in [-0.2, -0.15) is 0 Å². The van der Waals surface area contributed by atoms with Gasteiger partial charge in [0.15, 0.2) is 6.61 Å². The van der Waals surface area contributed by atoms with Crippen LogP contribution in [0.4, 0.5) is 5.69 Å². The normalized spacial score (nSPS) is 11.9. The minimum atomic E-state index is -0.274. The topological polar surface area (TPSA) is 84.6 Å². The van der Waals surface area contributed by atoms with Gasteiger partial charge in [-0.05, 0) is 19.1 Å². The fourth-order valence-electron chi connectivity index (χ4n) is 1.12. The summed E-state index contributed by atoms with van der Waals surface area (Å²) < 4.78 is 5.22. The highest BCUT2D eigenvalue weighted by molar-refractivity contribution is 5.77. The zero-order valence-corrected chi connectivity index (χ0v) is 9.14. The third-order valence-electron chi connectivity index (χ3n) is 1.91. The number of carbonyl (C=O) groups is 1. The summed E-state index contributed by atoms with van der Waals surface area (Å²) in [7, 11) is 0. The lowest BCUT2D eigenvalue weighted by atomic mass is 10.3. The molecule has 0 unspecified atom stereocenters. The molecule has 1 amide bonds. The first-order valence-corrected chi connectivity index (χ1v) is 5.00. The van der Waals surface area contributed by atoms with E-state index < -0.39 is 0 Å². The Morgan fingerprint density at radius 2 is 2.38 bits per heavy atom. The summed E-state index contributed by atoms with van der Waals surface area (Å²) in [5, 5.41) is 11.3. The van der Waals surface area contributed by atoms with Gasteiger partial charge in [0.25, 0.3) is 5.91 Å². The predicted molar refractivity (Wildman–Crippen MR) is 61.0 cm³/mol. The zero-order chi connectivity index (χ0) is 12.0. The quantitative estimate of drug-likeness (QED) is 0.621. The van der Waals surface area contributed by atoms with E-state index in [4.69, 9.17) is 15.6 Å². The monoisotopic (exact) mass is 224 g/mol. The Bertz CT molecular complexity index is 355. The van der Waals surface area contributed by atoms with E-state index in [9.17, 15) is 4.79 Å². The highest BCUT2D eigenvalue weighted by Crippen LogP contribution is 2.13. The average molecular weight is 224 g/mol. The van der Waals surface area contributed by atoms with E-state index >= 15 is 0 Å². The number of aliphatic hydroxyl groups excluding tert-OH is 1. The van der Waals surface area contributed by atoms with Crippen LogP contribution in [0, 0.1) is 0 Å². The van der Waals surface area contributed by atoms with Crippen LogP contribution in [0.15, 0.2) is 24.3 Å². The van der Waals surface area contributed by atoms with Gasteiger partial charge in [0.2, 0.25) is 0 Å². The van der Waals surface area contributed by atoms with E-state index in [0.29, 0.717) is 11.4 Å². The maximum Gasteiger partial charge on any atom is 0.258 e. The predicted octanol–water partition coefficient (Wildman–Crippen LogP) is 0.145. The summed E-state index contributed by atoms with van der Waals surface area (Å²) in [4.78, 5) is 11.3. The first-order valence-electron chi connectivity index (χ1n) is 5.00. The molecule has 1 atom stereocenters. The van der Waals surface area contributed by atoms with Crippen molar-refractivity contribution in [3.63, 3.8) is 0 Å². The van der Waals surface area contributed by atoms with Crippen molar-refractivity contribution in [2.75, 3.05) is 18.9 Å².